The summed E-state index contributed by atoms with van der Waals surface area (Å²) in [4.78, 5) is 11.8. The number of sulfonamides is 1. The zero-order valence-corrected chi connectivity index (χ0v) is 15.0. The molecule has 6 nitrogen and oxygen atoms in total. The highest BCUT2D eigenvalue weighted by molar-refractivity contribution is 7.92. The number of amides is 1. The summed E-state index contributed by atoms with van der Waals surface area (Å²) in [7, 11) is -2.57. The minimum absolute atomic E-state index is 0.0170. The molecular formula is C17H17ClN2O4S. The van der Waals surface area contributed by atoms with Gasteiger partial charge in [0.15, 0.2) is 0 Å². The van der Waals surface area contributed by atoms with Crippen molar-refractivity contribution in [1.82, 2.24) is 0 Å². The minimum atomic E-state index is -3.95. The van der Waals surface area contributed by atoms with E-state index in [1.165, 1.54) is 19.2 Å². The van der Waals surface area contributed by atoms with Gasteiger partial charge in [-0.2, -0.15) is 0 Å². The van der Waals surface area contributed by atoms with E-state index in [-0.39, 0.29) is 33.2 Å². The average Bonchev–Trinajstić information content (AvgIpc) is 3.42. The largest absolute Gasteiger partial charge is 0.495 e. The van der Waals surface area contributed by atoms with Crippen LogP contribution in [0.25, 0.3) is 0 Å². The summed E-state index contributed by atoms with van der Waals surface area (Å²) >= 11 is 6.02. The molecule has 1 aliphatic carbocycles. The standard InChI is InChI=1S/C17H17ClN2O4S/c1-24-15-9-8-12(19-17(21)11-6-7-11)10-16(15)25(22,23)20-14-5-3-2-4-13(14)18/h2-5,8-11,20H,6-7H2,1H3,(H,19,21). The fraction of sp³-hybridized carbons (Fsp3) is 0.235. The molecule has 0 radical (unpaired) electrons. The Morgan fingerprint density at radius 1 is 1.20 bits per heavy atom. The molecule has 2 aromatic carbocycles. The van der Waals surface area contributed by atoms with Gasteiger partial charge >= 0.3 is 0 Å². The Labute approximate surface area is 151 Å². The molecule has 2 N–H and O–H groups in total. The number of rotatable bonds is 6. The molecule has 0 heterocycles. The first kappa shape index (κ1) is 17.6. The number of ether oxygens (including phenoxy) is 1. The third-order valence-corrected chi connectivity index (χ3v) is 5.50. The van der Waals surface area contributed by atoms with Crippen molar-refractivity contribution in [3.8, 4) is 5.75 Å². The Morgan fingerprint density at radius 3 is 2.56 bits per heavy atom. The predicted molar refractivity (Wildman–Crippen MR) is 96.6 cm³/mol. The molecule has 8 heteroatoms. The molecule has 3 rings (SSSR count). The molecule has 2 aromatic rings. The lowest BCUT2D eigenvalue weighted by atomic mass is 10.3. The molecule has 1 saturated carbocycles. The Balaban J connectivity index is 1.92. The van der Waals surface area contributed by atoms with Crippen molar-refractivity contribution in [2.45, 2.75) is 17.7 Å². The van der Waals surface area contributed by atoms with Crippen LogP contribution in [0.1, 0.15) is 12.8 Å². The molecule has 25 heavy (non-hydrogen) atoms. The number of benzene rings is 2. The molecular weight excluding hydrogens is 364 g/mol. The Morgan fingerprint density at radius 2 is 1.92 bits per heavy atom. The van der Waals surface area contributed by atoms with Crippen LogP contribution < -0.4 is 14.8 Å². The lowest BCUT2D eigenvalue weighted by Crippen LogP contribution is -2.16. The number of halogens is 1. The maximum absolute atomic E-state index is 12.8. The Hall–Kier alpha value is -2.25. The van der Waals surface area contributed by atoms with E-state index < -0.39 is 10.0 Å². The van der Waals surface area contributed by atoms with Gasteiger partial charge in [-0.05, 0) is 43.2 Å². The molecule has 0 saturated heterocycles. The zero-order valence-electron chi connectivity index (χ0n) is 13.5. The Bertz CT molecular complexity index is 911. The summed E-state index contributed by atoms with van der Waals surface area (Å²) in [5.41, 5.74) is 0.663. The highest BCUT2D eigenvalue weighted by Gasteiger charge is 2.30. The zero-order chi connectivity index (χ0) is 18.0. The lowest BCUT2D eigenvalue weighted by molar-refractivity contribution is -0.117. The van der Waals surface area contributed by atoms with E-state index in [2.05, 4.69) is 10.0 Å². The monoisotopic (exact) mass is 380 g/mol. The van der Waals surface area contributed by atoms with Crippen LogP contribution in [0.15, 0.2) is 47.4 Å². The van der Waals surface area contributed by atoms with Crippen LogP contribution in [0.5, 0.6) is 5.75 Å². The van der Waals surface area contributed by atoms with E-state index in [9.17, 15) is 13.2 Å². The molecule has 0 unspecified atom stereocenters. The number of carbonyl (C=O) groups excluding carboxylic acids is 1. The van der Waals surface area contributed by atoms with Crippen LogP contribution in [0.2, 0.25) is 5.02 Å². The fourth-order valence-electron chi connectivity index (χ4n) is 2.30. The maximum atomic E-state index is 12.8. The van der Waals surface area contributed by atoms with Crippen molar-refractivity contribution >= 4 is 38.9 Å². The number of nitrogens with one attached hydrogen (secondary N) is 2. The molecule has 1 amide bonds. The van der Waals surface area contributed by atoms with Gasteiger partial charge < -0.3 is 10.1 Å². The van der Waals surface area contributed by atoms with Crippen LogP contribution in [0.4, 0.5) is 11.4 Å². The van der Waals surface area contributed by atoms with E-state index in [1.807, 2.05) is 0 Å². The van der Waals surface area contributed by atoms with Crippen LogP contribution in [0.3, 0.4) is 0 Å². The first-order valence-electron chi connectivity index (χ1n) is 7.67. The van der Waals surface area contributed by atoms with Crippen LogP contribution >= 0.6 is 11.6 Å². The van der Waals surface area contributed by atoms with Crippen molar-refractivity contribution in [2.24, 2.45) is 5.92 Å². The summed E-state index contributed by atoms with van der Waals surface area (Å²) in [5, 5.41) is 3.01. The summed E-state index contributed by atoms with van der Waals surface area (Å²) in [5.74, 6) is 0.0833. The first-order chi connectivity index (χ1) is 11.9. The lowest BCUT2D eigenvalue weighted by Gasteiger charge is -2.14. The second-order valence-corrected chi connectivity index (χ2v) is 7.77. The minimum Gasteiger partial charge on any atom is -0.495 e. The number of hydrogen-bond acceptors (Lipinski definition) is 4. The number of carbonyl (C=O) groups is 1. The highest BCUT2D eigenvalue weighted by atomic mass is 35.5. The van der Waals surface area contributed by atoms with Gasteiger partial charge in [-0.1, -0.05) is 23.7 Å². The molecule has 0 aliphatic heterocycles. The summed E-state index contributed by atoms with van der Waals surface area (Å²) in [6.45, 7) is 0. The van der Waals surface area contributed by atoms with Crippen LogP contribution in [0, 0.1) is 5.92 Å². The van der Waals surface area contributed by atoms with Gasteiger partial charge in [0.05, 0.1) is 17.8 Å². The predicted octanol–water partition coefficient (Wildman–Crippen LogP) is 3.50. The van der Waals surface area contributed by atoms with Gasteiger partial charge in [0.2, 0.25) is 5.91 Å². The van der Waals surface area contributed by atoms with E-state index in [4.69, 9.17) is 16.3 Å². The van der Waals surface area contributed by atoms with Gasteiger partial charge in [0, 0.05) is 11.6 Å². The second kappa shape index (κ2) is 6.93. The number of para-hydroxylation sites is 1. The third kappa shape index (κ3) is 4.05. The summed E-state index contributed by atoms with van der Waals surface area (Å²) in [6, 6.07) is 11.0. The molecule has 132 valence electrons. The SMILES string of the molecule is COc1ccc(NC(=O)C2CC2)cc1S(=O)(=O)Nc1ccccc1Cl. The first-order valence-corrected chi connectivity index (χ1v) is 9.53. The van der Waals surface area contributed by atoms with Gasteiger partial charge in [0.25, 0.3) is 10.0 Å². The summed E-state index contributed by atoms with van der Waals surface area (Å²) in [6.07, 6.45) is 1.72. The Kier molecular flexibility index (Phi) is 4.87. The average molecular weight is 381 g/mol. The molecule has 0 aromatic heterocycles. The normalized spacial score (nSPS) is 14.0. The number of methoxy groups -OCH3 is 1. The second-order valence-electron chi connectivity index (χ2n) is 5.71. The van der Waals surface area contributed by atoms with Gasteiger partial charge in [0.1, 0.15) is 10.6 Å². The summed E-state index contributed by atoms with van der Waals surface area (Å²) < 4.78 is 33.1. The molecule has 1 aliphatic rings. The van der Waals surface area contributed by atoms with Gasteiger partial charge in [-0.25, -0.2) is 8.42 Å². The van der Waals surface area contributed by atoms with E-state index >= 15 is 0 Å². The van der Waals surface area contributed by atoms with Gasteiger partial charge in [-0.15, -0.1) is 0 Å². The fourth-order valence-corrected chi connectivity index (χ4v) is 3.81. The van der Waals surface area contributed by atoms with Crippen LogP contribution in [-0.4, -0.2) is 21.4 Å². The van der Waals surface area contributed by atoms with Crippen LogP contribution in [-0.2, 0) is 14.8 Å². The highest BCUT2D eigenvalue weighted by Crippen LogP contribution is 2.33. The molecule has 0 atom stereocenters. The van der Waals surface area contributed by atoms with Crippen molar-refractivity contribution in [1.29, 1.82) is 0 Å². The van der Waals surface area contributed by atoms with Crippen molar-refractivity contribution in [3.63, 3.8) is 0 Å². The molecule has 1 fully saturated rings. The third-order valence-electron chi connectivity index (χ3n) is 3.79. The van der Waals surface area contributed by atoms with E-state index in [0.717, 1.165) is 12.8 Å². The molecule has 0 spiro atoms. The van der Waals surface area contributed by atoms with Gasteiger partial charge in [-0.3, -0.25) is 9.52 Å². The van der Waals surface area contributed by atoms with Crippen molar-refractivity contribution < 1.29 is 17.9 Å². The van der Waals surface area contributed by atoms with Crippen molar-refractivity contribution in [2.75, 3.05) is 17.1 Å². The smallest absolute Gasteiger partial charge is 0.265 e. The quantitative estimate of drug-likeness (QED) is 0.803. The molecule has 0 bridgehead atoms. The number of hydrogen-bond donors (Lipinski definition) is 2. The number of anilines is 2. The maximum Gasteiger partial charge on any atom is 0.265 e. The topological polar surface area (TPSA) is 84.5 Å². The van der Waals surface area contributed by atoms with E-state index in [0.29, 0.717) is 5.69 Å². The van der Waals surface area contributed by atoms with Crippen molar-refractivity contribution in [3.05, 3.63) is 47.5 Å². The van der Waals surface area contributed by atoms with E-state index in [1.54, 1.807) is 30.3 Å².